The number of hydrogen-bond acceptors (Lipinski definition) is 6. The van der Waals surface area contributed by atoms with Crippen LogP contribution in [0.25, 0.3) is 79.5 Å². The molecule has 0 N–H and O–H groups in total. The van der Waals surface area contributed by atoms with Gasteiger partial charge in [0.1, 0.15) is 0 Å². The lowest BCUT2D eigenvalue weighted by molar-refractivity contribution is -0.214. The van der Waals surface area contributed by atoms with Gasteiger partial charge in [-0.15, -0.1) is 0 Å². The van der Waals surface area contributed by atoms with Gasteiger partial charge < -0.3 is 0 Å². The van der Waals surface area contributed by atoms with E-state index in [-0.39, 0.29) is 0 Å². The number of rotatable bonds is 8. The third-order valence-electron chi connectivity index (χ3n) is 12.1. The zero-order valence-electron chi connectivity index (χ0n) is 30.1. The topological polar surface area (TPSA) is 77.3 Å². The zero-order valence-corrected chi connectivity index (χ0v) is 30.1. The predicted octanol–water partition coefficient (Wildman–Crippen LogP) is 11.1. The summed E-state index contributed by atoms with van der Waals surface area (Å²) >= 11 is 0. The Balaban J connectivity index is 0.938. The van der Waals surface area contributed by atoms with Crippen LogP contribution >= 0.6 is 0 Å². The Morgan fingerprint density at radius 2 is 0.673 bits per heavy atom. The van der Waals surface area contributed by atoms with Gasteiger partial charge in [0, 0.05) is 33.4 Å². The molecule has 2 unspecified atom stereocenters. The van der Waals surface area contributed by atoms with Crippen LogP contribution in [0.3, 0.4) is 0 Å². The lowest BCUT2D eigenvalue weighted by Gasteiger charge is -2.73. The lowest BCUT2D eigenvalue weighted by atomic mass is 9.31. The minimum Gasteiger partial charge on any atom is -0.208 e. The molecule has 6 heteroatoms. The van der Waals surface area contributed by atoms with Crippen molar-refractivity contribution in [2.45, 2.75) is 18.8 Å². The highest BCUT2D eigenvalue weighted by molar-refractivity contribution is 5.75. The average Bonchev–Trinajstić information content (AvgIpc) is 3.27. The summed E-state index contributed by atoms with van der Waals surface area (Å²) in [5.41, 5.74) is 9.35. The molecule has 2 aromatic heterocycles. The van der Waals surface area contributed by atoms with Crippen LogP contribution in [0.2, 0.25) is 0 Å². The number of aromatic nitrogens is 6. The van der Waals surface area contributed by atoms with Gasteiger partial charge in [0.2, 0.25) is 0 Å². The Labute approximate surface area is 320 Å². The second-order valence-corrected chi connectivity index (χ2v) is 15.2. The SMILES string of the molecule is c1ccc(-c2nc(-c3ccccc3)nc(-c3ccc(-c4cccc(-c5nc(-c6ccccc6)nc(-c6cccc(C7C8CC9CC7C98)c6)n5)c4)cc3)n2)cc1. The molecule has 0 aliphatic heterocycles. The summed E-state index contributed by atoms with van der Waals surface area (Å²) in [5, 5.41) is 0. The van der Waals surface area contributed by atoms with Gasteiger partial charge in [-0.25, -0.2) is 29.9 Å². The fourth-order valence-corrected chi connectivity index (χ4v) is 9.31. The molecule has 55 heavy (non-hydrogen) atoms. The van der Waals surface area contributed by atoms with Crippen molar-refractivity contribution >= 4 is 0 Å². The standard InChI is InChI=1S/C49H36N6/c1-4-12-31(13-5-1)44-50-45(32-14-6-2-7-15-32)52-47(51-44)34-24-22-30(23-25-34)35-18-10-20-37(26-35)48-53-46(33-16-8-3-9-17-33)54-49(55-48)38-21-11-19-36(27-38)42-40-28-39-29-41(42)43(39)40/h1-27,39-43H,28-29H2. The van der Waals surface area contributed by atoms with Crippen molar-refractivity contribution in [1.29, 1.82) is 0 Å². The van der Waals surface area contributed by atoms with Crippen LogP contribution in [0.5, 0.6) is 0 Å². The second kappa shape index (κ2) is 13.0. The third-order valence-corrected chi connectivity index (χ3v) is 12.1. The van der Waals surface area contributed by atoms with Gasteiger partial charge in [0.15, 0.2) is 34.9 Å². The van der Waals surface area contributed by atoms with Crippen LogP contribution in [0, 0.1) is 23.7 Å². The molecular formula is C49H36N6. The Morgan fingerprint density at radius 3 is 1.13 bits per heavy atom. The summed E-state index contributed by atoms with van der Waals surface area (Å²) in [4.78, 5) is 29.9. The highest BCUT2D eigenvalue weighted by atomic mass is 15.0. The van der Waals surface area contributed by atoms with E-state index in [0.717, 1.165) is 68.2 Å². The van der Waals surface area contributed by atoms with Crippen molar-refractivity contribution in [3.63, 3.8) is 0 Å². The Kier molecular flexibility index (Phi) is 7.54. The van der Waals surface area contributed by atoms with Gasteiger partial charge >= 0.3 is 0 Å². The van der Waals surface area contributed by atoms with Gasteiger partial charge in [-0.3, -0.25) is 0 Å². The van der Waals surface area contributed by atoms with Crippen LogP contribution < -0.4 is 0 Å². The van der Waals surface area contributed by atoms with Crippen molar-refractivity contribution in [2.75, 3.05) is 0 Å². The van der Waals surface area contributed by atoms with Gasteiger partial charge in [-0.1, -0.05) is 152 Å². The molecule has 2 heterocycles. The summed E-state index contributed by atoms with van der Waals surface area (Å²) in [6.45, 7) is 0. The Morgan fingerprint density at radius 1 is 0.309 bits per heavy atom. The van der Waals surface area contributed by atoms with E-state index in [0.29, 0.717) is 40.9 Å². The van der Waals surface area contributed by atoms with Gasteiger partial charge in [0.05, 0.1) is 0 Å². The molecule has 2 atom stereocenters. The molecule has 3 aliphatic carbocycles. The molecule has 11 rings (SSSR count). The van der Waals surface area contributed by atoms with E-state index in [1.807, 2.05) is 78.9 Å². The summed E-state index contributed by atoms with van der Waals surface area (Å²) in [6.07, 6.45) is 2.82. The number of hydrogen-bond donors (Lipinski definition) is 0. The highest BCUT2D eigenvalue weighted by Crippen LogP contribution is 2.75. The first-order chi connectivity index (χ1) is 27.2. The Bertz CT molecular complexity index is 2610. The van der Waals surface area contributed by atoms with E-state index in [2.05, 4.69) is 84.9 Å². The van der Waals surface area contributed by atoms with Crippen LogP contribution in [-0.4, -0.2) is 29.9 Å². The fraction of sp³-hybridized carbons (Fsp3) is 0.143. The molecule has 0 spiro atoms. The zero-order chi connectivity index (χ0) is 36.3. The largest absolute Gasteiger partial charge is 0.208 e. The Hall–Kier alpha value is -6.66. The molecule has 3 fully saturated rings. The molecule has 6 nitrogen and oxygen atoms in total. The average molecular weight is 709 g/mol. The smallest absolute Gasteiger partial charge is 0.164 e. The first kappa shape index (κ1) is 31.8. The van der Waals surface area contributed by atoms with Crippen LogP contribution in [-0.2, 0) is 0 Å². The predicted molar refractivity (Wildman–Crippen MR) is 217 cm³/mol. The molecule has 262 valence electrons. The molecule has 3 saturated carbocycles. The molecule has 8 aromatic rings. The third kappa shape index (κ3) is 5.64. The van der Waals surface area contributed by atoms with Crippen LogP contribution in [0.4, 0.5) is 0 Å². The number of nitrogens with zero attached hydrogens (tertiary/aromatic N) is 6. The number of benzene rings is 6. The minimum atomic E-state index is 0.630. The maximum atomic E-state index is 5.13. The second-order valence-electron chi connectivity index (χ2n) is 15.2. The van der Waals surface area contributed by atoms with Crippen LogP contribution in [0.1, 0.15) is 24.3 Å². The van der Waals surface area contributed by atoms with E-state index in [1.165, 1.54) is 18.4 Å². The highest BCUT2D eigenvalue weighted by Gasteiger charge is 2.67. The van der Waals surface area contributed by atoms with E-state index in [9.17, 15) is 0 Å². The van der Waals surface area contributed by atoms with Gasteiger partial charge in [-0.2, -0.15) is 0 Å². The molecule has 0 bridgehead atoms. The van der Waals surface area contributed by atoms with E-state index in [1.54, 1.807) is 0 Å². The summed E-state index contributed by atoms with van der Waals surface area (Å²) < 4.78 is 0. The maximum absolute atomic E-state index is 5.13. The molecule has 0 amide bonds. The van der Waals surface area contributed by atoms with E-state index < -0.39 is 0 Å². The van der Waals surface area contributed by atoms with Gasteiger partial charge in [-0.05, 0) is 71.3 Å². The maximum Gasteiger partial charge on any atom is 0.164 e. The molecule has 6 aromatic carbocycles. The van der Waals surface area contributed by atoms with Gasteiger partial charge in [0.25, 0.3) is 0 Å². The van der Waals surface area contributed by atoms with Crippen molar-refractivity contribution in [3.05, 3.63) is 169 Å². The van der Waals surface area contributed by atoms with Crippen molar-refractivity contribution in [2.24, 2.45) is 23.7 Å². The quantitative estimate of drug-likeness (QED) is 0.156. The summed E-state index contributed by atoms with van der Waals surface area (Å²) in [6, 6.07) is 56.2. The van der Waals surface area contributed by atoms with Crippen molar-refractivity contribution in [1.82, 2.24) is 29.9 Å². The summed E-state index contributed by atoms with van der Waals surface area (Å²) in [5.74, 6) is 8.40. The monoisotopic (exact) mass is 708 g/mol. The lowest BCUT2D eigenvalue weighted by Crippen LogP contribution is -2.65. The van der Waals surface area contributed by atoms with Crippen LogP contribution in [0.15, 0.2) is 164 Å². The van der Waals surface area contributed by atoms with Crippen molar-refractivity contribution < 1.29 is 0 Å². The van der Waals surface area contributed by atoms with E-state index >= 15 is 0 Å². The normalized spacial score (nSPS) is 20.4. The molecule has 0 radical (unpaired) electrons. The first-order valence-corrected chi connectivity index (χ1v) is 19.2. The minimum absolute atomic E-state index is 0.630. The fourth-order valence-electron chi connectivity index (χ4n) is 9.31. The molecule has 0 saturated heterocycles. The first-order valence-electron chi connectivity index (χ1n) is 19.2. The molecule has 3 aliphatic rings. The van der Waals surface area contributed by atoms with E-state index in [4.69, 9.17) is 29.9 Å². The van der Waals surface area contributed by atoms with Crippen molar-refractivity contribution in [3.8, 4) is 79.5 Å². The molecular weight excluding hydrogens is 673 g/mol. The summed E-state index contributed by atoms with van der Waals surface area (Å²) in [7, 11) is 0.